The van der Waals surface area contributed by atoms with Crippen LogP contribution in [0.1, 0.15) is 29.6 Å². The number of carboxylic acid groups (broad SMARTS) is 1. The van der Waals surface area contributed by atoms with E-state index >= 15 is 0 Å². The Kier molecular flexibility index (Phi) is 4.57. The fourth-order valence-electron chi connectivity index (χ4n) is 2.57. The van der Waals surface area contributed by atoms with Crippen LogP contribution in [-0.2, 0) is 9.59 Å². The third-order valence-electron chi connectivity index (χ3n) is 3.77. The quantitative estimate of drug-likeness (QED) is 0.782. The van der Waals surface area contributed by atoms with Crippen molar-refractivity contribution in [3.63, 3.8) is 0 Å². The molecule has 0 radical (unpaired) electrons. The monoisotopic (exact) mass is 290 g/mol. The highest BCUT2D eigenvalue weighted by Crippen LogP contribution is 2.31. The van der Waals surface area contributed by atoms with Gasteiger partial charge in [-0.3, -0.25) is 14.4 Å². The molecule has 3 N–H and O–H groups in total. The Hall–Kier alpha value is -2.37. The van der Waals surface area contributed by atoms with Gasteiger partial charge in [0, 0.05) is 24.2 Å². The molecule has 21 heavy (non-hydrogen) atoms. The van der Waals surface area contributed by atoms with Crippen molar-refractivity contribution in [2.24, 2.45) is 11.8 Å². The summed E-state index contributed by atoms with van der Waals surface area (Å²) in [6, 6.07) is 6.65. The predicted molar refractivity (Wildman–Crippen MR) is 76.9 cm³/mol. The summed E-state index contributed by atoms with van der Waals surface area (Å²) in [6.07, 6.45) is 1.49. The fraction of sp³-hybridized carbons (Fsp3) is 0.400. The molecule has 0 aliphatic heterocycles. The van der Waals surface area contributed by atoms with Crippen LogP contribution in [0.5, 0.6) is 0 Å². The molecule has 2 atom stereocenters. The number of hydrogen-bond acceptors (Lipinski definition) is 3. The lowest BCUT2D eigenvalue weighted by Gasteiger charge is -2.11. The van der Waals surface area contributed by atoms with Gasteiger partial charge >= 0.3 is 5.97 Å². The summed E-state index contributed by atoms with van der Waals surface area (Å²) in [5.74, 6) is -1.97. The number of benzene rings is 1. The maximum atomic E-state index is 12.1. The minimum atomic E-state index is -0.841. The highest BCUT2D eigenvalue weighted by atomic mass is 16.4. The van der Waals surface area contributed by atoms with Crippen molar-refractivity contribution in [3.05, 3.63) is 29.8 Å². The molecular formula is C15H18N2O4. The van der Waals surface area contributed by atoms with Crippen molar-refractivity contribution in [2.75, 3.05) is 12.4 Å². The number of anilines is 1. The second-order valence-corrected chi connectivity index (χ2v) is 5.19. The molecule has 1 fully saturated rings. The molecule has 0 saturated heterocycles. The predicted octanol–water partition coefficient (Wildman–Crippen LogP) is 1.49. The van der Waals surface area contributed by atoms with Gasteiger partial charge in [-0.15, -0.1) is 0 Å². The van der Waals surface area contributed by atoms with E-state index in [1.54, 1.807) is 24.3 Å². The highest BCUT2D eigenvalue weighted by molar-refractivity contribution is 5.97. The van der Waals surface area contributed by atoms with Crippen LogP contribution >= 0.6 is 0 Å². The molecule has 1 aliphatic carbocycles. The smallest absolute Gasteiger partial charge is 0.306 e. The lowest BCUT2D eigenvalue weighted by Crippen LogP contribution is -2.22. The molecule has 0 aromatic heterocycles. The molecule has 2 rings (SSSR count). The first-order chi connectivity index (χ1) is 10.0. The lowest BCUT2D eigenvalue weighted by atomic mass is 10.0. The van der Waals surface area contributed by atoms with E-state index in [9.17, 15) is 14.4 Å². The summed E-state index contributed by atoms with van der Waals surface area (Å²) in [5.41, 5.74) is 1.00. The van der Waals surface area contributed by atoms with E-state index in [0.717, 1.165) is 0 Å². The number of hydrogen-bond donors (Lipinski definition) is 3. The summed E-state index contributed by atoms with van der Waals surface area (Å²) < 4.78 is 0. The number of nitrogens with one attached hydrogen (secondary N) is 2. The summed E-state index contributed by atoms with van der Waals surface area (Å²) in [5, 5.41) is 14.2. The first kappa shape index (κ1) is 15.0. The molecule has 0 heterocycles. The van der Waals surface area contributed by atoms with Crippen molar-refractivity contribution in [1.29, 1.82) is 0 Å². The van der Waals surface area contributed by atoms with Crippen molar-refractivity contribution >= 4 is 23.5 Å². The van der Waals surface area contributed by atoms with Crippen molar-refractivity contribution < 1.29 is 19.5 Å². The van der Waals surface area contributed by atoms with E-state index in [4.69, 9.17) is 5.11 Å². The normalized spacial score (nSPS) is 20.8. The van der Waals surface area contributed by atoms with Gasteiger partial charge in [0.05, 0.1) is 5.92 Å². The molecule has 1 aliphatic rings. The molecule has 0 bridgehead atoms. The Balaban J connectivity index is 2.00. The maximum Gasteiger partial charge on any atom is 0.306 e. The molecule has 2 amide bonds. The van der Waals surface area contributed by atoms with Crippen LogP contribution in [0.2, 0.25) is 0 Å². The highest BCUT2D eigenvalue weighted by Gasteiger charge is 2.33. The van der Waals surface area contributed by atoms with Gasteiger partial charge in [0.15, 0.2) is 0 Å². The number of carboxylic acids is 1. The first-order valence-corrected chi connectivity index (χ1v) is 6.87. The number of amides is 2. The van der Waals surface area contributed by atoms with Crippen LogP contribution in [0.4, 0.5) is 5.69 Å². The Morgan fingerprint density at radius 1 is 1.19 bits per heavy atom. The minimum Gasteiger partial charge on any atom is -0.481 e. The van der Waals surface area contributed by atoms with Gasteiger partial charge in [0.2, 0.25) is 5.91 Å². The summed E-state index contributed by atoms with van der Waals surface area (Å²) in [6.45, 7) is 0. The van der Waals surface area contributed by atoms with Crippen molar-refractivity contribution in [1.82, 2.24) is 5.32 Å². The third-order valence-corrected chi connectivity index (χ3v) is 3.77. The number of carbonyl (C=O) groups excluding carboxylic acids is 2. The van der Waals surface area contributed by atoms with Crippen LogP contribution < -0.4 is 10.6 Å². The molecular weight excluding hydrogens is 272 g/mol. The van der Waals surface area contributed by atoms with Crippen LogP contribution in [0.25, 0.3) is 0 Å². The van der Waals surface area contributed by atoms with Gasteiger partial charge in [-0.25, -0.2) is 0 Å². The van der Waals surface area contributed by atoms with Gasteiger partial charge in [-0.2, -0.15) is 0 Å². The van der Waals surface area contributed by atoms with Gasteiger partial charge in [0.25, 0.3) is 5.91 Å². The average Bonchev–Trinajstić information content (AvgIpc) is 2.97. The Bertz CT molecular complexity index is 571. The molecule has 2 unspecified atom stereocenters. The van der Waals surface area contributed by atoms with Gasteiger partial charge in [-0.05, 0) is 37.5 Å². The zero-order valence-corrected chi connectivity index (χ0v) is 11.8. The first-order valence-electron chi connectivity index (χ1n) is 6.87. The molecule has 0 spiro atoms. The summed E-state index contributed by atoms with van der Waals surface area (Å²) in [4.78, 5) is 34.6. The fourth-order valence-corrected chi connectivity index (χ4v) is 2.57. The lowest BCUT2D eigenvalue weighted by molar-refractivity contribution is -0.141. The molecule has 1 aromatic carbocycles. The summed E-state index contributed by atoms with van der Waals surface area (Å²) in [7, 11) is 1.54. The van der Waals surface area contributed by atoms with Crippen LogP contribution in [0.15, 0.2) is 24.3 Å². The molecule has 112 valence electrons. The summed E-state index contributed by atoms with van der Waals surface area (Å²) >= 11 is 0. The van der Waals surface area contributed by atoms with E-state index in [0.29, 0.717) is 30.5 Å². The average molecular weight is 290 g/mol. The second kappa shape index (κ2) is 6.39. The largest absolute Gasteiger partial charge is 0.481 e. The number of aliphatic carboxylic acids is 1. The minimum absolute atomic E-state index is 0.187. The van der Waals surface area contributed by atoms with Crippen LogP contribution in [0, 0.1) is 11.8 Å². The van der Waals surface area contributed by atoms with Gasteiger partial charge in [-0.1, -0.05) is 6.07 Å². The Labute approximate surface area is 122 Å². The van der Waals surface area contributed by atoms with Gasteiger partial charge < -0.3 is 15.7 Å². The van der Waals surface area contributed by atoms with Crippen LogP contribution in [0.3, 0.4) is 0 Å². The van der Waals surface area contributed by atoms with E-state index in [1.165, 1.54) is 7.05 Å². The number of carbonyl (C=O) groups is 3. The molecule has 6 heteroatoms. The van der Waals surface area contributed by atoms with Crippen molar-refractivity contribution in [2.45, 2.75) is 19.3 Å². The Morgan fingerprint density at radius 2 is 1.90 bits per heavy atom. The van der Waals surface area contributed by atoms with E-state index in [2.05, 4.69) is 10.6 Å². The van der Waals surface area contributed by atoms with E-state index < -0.39 is 11.9 Å². The SMILES string of the molecule is CNC(=O)c1cccc(NC(=O)C2CCC(C(=O)O)C2)c1. The van der Waals surface area contributed by atoms with E-state index in [-0.39, 0.29) is 17.7 Å². The maximum absolute atomic E-state index is 12.1. The zero-order chi connectivity index (χ0) is 15.4. The van der Waals surface area contributed by atoms with Gasteiger partial charge in [0.1, 0.15) is 0 Å². The molecule has 6 nitrogen and oxygen atoms in total. The van der Waals surface area contributed by atoms with E-state index in [1.807, 2.05) is 0 Å². The molecule has 1 aromatic rings. The standard InChI is InChI=1S/C15H18N2O4/c1-16-13(18)9-3-2-4-12(8-9)17-14(19)10-5-6-11(7-10)15(20)21/h2-4,8,10-11H,5-7H2,1H3,(H,16,18)(H,17,19)(H,20,21). The zero-order valence-electron chi connectivity index (χ0n) is 11.8. The third kappa shape index (κ3) is 3.59. The topological polar surface area (TPSA) is 95.5 Å². The van der Waals surface area contributed by atoms with Crippen LogP contribution in [-0.4, -0.2) is 29.9 Å². The number of rotatable bonds is 4. The second-order valence-electron chi connectivity index (χ2n) is 5.19. The van der Waals surface area contributed by atoms with Crippen molar-refractivity contribution in [3.8, 4) is 0 Å². The Morgan fingerprint density at radius 3 is 2.52 bits per heavy atom. The molecule has 1 saturated carbocycles.